The molecule has 6 nitrogen and oxygen atoms in total. The zero-order chi connectivity index (χ0) is 13.2. The van der Waals surface area contributed by atoms with E-state index in [1.165, 1.54) is 6.92 Å². The van der Waals surface area contributed by atoms with Gasteiger partial charge in [0.2, 0.25) is 10.0 Å². The molecule has 0 aliphatic carbocycles. The molecule has 96 valence electrons. The maximum Gasteiger partial charge on any atom is 0.322 e. The van der Waals surface area contributed by atoms with Crippen molar-refractivity contribution in [3.05, 3.63) is 0 Å². The summed E-state index contributed by atoms with van der Waals surface area (Å²) < 4.78 is 24.9. The standard InChI is InChI=1S/C10H16N2O4S/c1-7-3-4-12(9(5-7)10(13)14)17(15,16)8(2)6-11/h7-9H,3-5H2,1-2H3,(H,13,14). The van der Waals surface area contributed by atoms with E-state index in [-0.39, 0.29) is 12.5 Å². The summed E-state index contributed by atoms with van der Waals surface area (Å²) in [6.07, 6.45) is 0.924. The lowest BCUT2D eigenvalue weighted by atomic mass is 9.94. The van der Waals surface area contributed by atoms with E-state index in [1.807, 2.05) is 6.92 Å². The lowest BCUT2D eigenvalue weighted by Crippen LogP contribution is -2.51. The third-order valence-corrected chi connectivity index (χ3v) is 5.15. The van der Waals surface area contributed by atoms with Gasteiger partial charge < -0.3 is 5.11 Å². The SMILES string of the molecule is CC1CCN(S(=O)(=O)C(C)C#N)C(C(=O)O)C1. The van der Waals surface area contributed by atoms with E-state index in [1.54, 1.807) is 6.07 Å². The number of nitriles is 1. The molecule has 1 aliphatic heterocycles. The molecule has 1 rings (SSSR count). The number of hydrogen-bond donors (Lipinski definition) is 1. The first-order chi connectivity index (χ1) is 7.80. The monoisotopic (exact) mass is 260 g/mol. The molecule has 1 N–H and O–H groups in total. The molecule has 1 heterocycles. The molecular weight excluding hydrogens is 244 g/mol. The number of rotatable bonds is 3. The highest BCUT2D eigenvalue weighted by Crippen LogP contribution is 2.26. The van der Waals surface area contributed by atoms with E-state index >= 15 is 0 Å². The van der Waals surface area contributed by atoms with Crippen molar-refractivity contribution in [1.82, 2.24) is 4.31 Å². The first-order valence-electron chi connectivity index (χ1n) is 5.43. The molecule has 3 atom stereocenters. The summed E-state index contributed by atoms with van der Waals surface area (Å²) in [5.74, 6) is -0.967. The largest absolute Gasteiger partial charge is 0.480 e. The van der Waals surface area contributed by atoms with Crippen LogP contribution in [0.15, 0.2) is 0 Å². The number of carboxylic acid groups (broad SMARTS) is 1. The lowest BCUT2D eigenvalue weighted by molar-refractivity contribution is -0.143. The van der Waals surface area contributed by atoms with Crippen molar-refractivity contribution >= 4 is 16.0 Å². The summed E-state index contributed by atoms with van der Waals surface area (Å²) in [6, 6.07) is 0.609. The quantitative estimate of drug-likeness (QED) is 0.792. The number of nitrogens with zero attached hydrogens (tertiary/aromatic N) is 2. The number of sulfonamides is 1. The van der Waals surface area contributed by atoms with Crippen LogP contribution in [-0.2, 0) is 14.8 Å². The Morgan fingerprint density at radius 3 is 2.65 bits per heavy atom. The minimum absolute atomic E-state index is 0.173. The number of hydrogen-bond acceptors (Lipinski definition) is 4. The zero-order valence-electron chi connectivity index (χ0n) is 9.83. The van der Waals surface area contributed by atoms with Gasteiger partial charge in [0.1, 0.15) is 6.04 Å². The van der Waals surface area contributed by atoms with Crippen molar-refractivity contribution in [2.45, 2.75) is 38.0 Å². The molecule has 0 saturated carbocycles. The van der Waals surface area contributed by atoms with Gasteiger partial charge in [-0.15, -0.1) is 0 Å². The second-order valence-electron chi connectivity index (χ2n) is 4.41. The molecule has 0 amide bonds. The molecule has 0 aromatic rings. The lowest BCUT2D eigenvalue weighted by Gasteiger charge is -2.35. The highest BCUT2D eigenvalue weighted by molar-refractivity contribution is 7.90. The highest BCUT2D eigenvalue weighted by atomic mass is 32.2. The highest BCUT2D eigenvalue weighted by Gasteiger charge is 2.41. The molecule has 7 heteroatoms. The summed E-state index contributed by atoms with van der Waals surface area (Å²) in [4.78, 5) is 11.1. The van der Waals surface area contributed by atoms with E-state index in [4.69, 9.17) is 10.4 Å². The van der Waals surface area contributed by atoms with Crippen molar-refractivity contribution in [3.63, 3.8) is 0 Å². The Labute approximate surface area is 101 Å². The Balaban J connectivity index is 3.03. The minimum atomic E-state index is -3.84. The van der Waals surface area contributed by atoms with Gasteiger partial charge in [0, 0.05) is 6.54 Å². The van der Waals surface area contributed by atoms with Crippen molar-refractivity contribution in [2.24, 2.45) is 5.92 Å². The molecule has 1 fully saturated rings. The van der Waals surface area contributed by atoms with Crippen LogP contribution in [0, 0.1) is 17.2 Å². The van der Waals surface area contributed by atoms with Crippen LogP contribution in [0.4, 0.5) is 0 Å². The normalized spacial score (nSPS) is 28.3. The van der Waals surface area contributed by atoms with Gasteiger partial charge in [-0.3, -0.25) is 4.79 Å². The van der Waals surface area contributed by atoms with Crippen molar-refractivity contribution in [2.75, 3.05) is 6.54 Å². The average Bonchev–Trinajstić information content (AvgIpc) is 2.27. The van der Waals surface area contributed by atoms with Crippen molar-refractivity contribution in [3.8, 4) is 6.07 Å². The Kier molecular flexibility index (Phi) is 4.11. The van der Waals surface area contributed by atoms with Gasteiger partial charge in [-0.1, -0.05) is 6.92 Å². The van der Waals surface area contributed by atoms with Gasteiger partial charge in [-0.2, -0.15) is 9.57 Å². The minimum Gasteiger partial charge on any atom is -0.480 e. The van der Waals surface area contributed by atoms with E-state index in [2.05, 4.69) is 0 Å². The van der Waals surface area contributed by atoms with Crippen LogP contribution in [0.3, 0.4) is 0 Å². The molecule has 1 saturated heterocycles. The third kappa shape index (κ3) is 2.76. The van der Waals surface area contributed by atoms with E-state index in [9.17, 15) is 13.2 Å². The number of piperidine rings is 1. The van der Waals surface area contributed by atoms with Crippen LogP contribution in [0.1, 0.15) is 26.7 Å². The fourth-order valence-corrected chi connectivity index (χ4v) is 3.35. The van der Waals surface area contributed by atoms with Crippen LogP contribution >= 0.6 is 0 Å². The fourth-order valence-electron chi connectivity index (χ4n) is 1.92. The second kappa shape index (κ2) is 5.02. The molecular formula is C10H16N2O4S. The van der Waals surface area contributed by atoms with Crippen LogP contribution in [0.5, 0.6) is 0 Å². The van der Waals surface area contributed by atoms with Crippen LogP contribution in [0.2, 0.25) is 0 Å². The maximum atomic E-state index is 12.0. The van der Waals surface area contributed by atoms with E-state index in [0.29, 0.717) is 12.8 Å². The average molecular weight is 260 g/mol. The molecule has 0 aromatic heterocycles. The Morgan fingerprint density at radius 1 is 1.59 bits per heavy atom. The fraction of sp³-hybridized carbons (Fsp3) is 0.800. The molecule has 0 aromatic carbocycles. The molecule has 3 unspecified atom stereocenters. The van der Waals surface area contributed by atoms with Crippen LogP contribution in [-0.4, -0.2) is 41.6 Å². The first-order valence-corrected chi connectivity index (χ1v) is 6.94. The predicted molar refractivity (Wildman–Crippen MR) is 60.5 cm³/mol. The third-order valence-electron chi connectivity index (χ3n) is 3.06. The molecule has 0 radical (unpaired) electrons. The summed E-state index contributed by atoms with van der Waals surface area (Å²) in [7, 11) is -3.84. The summed E-state index contributed by atoms with van der Waals surface area (Å²) >= 11 is 0. The van der Waals surface area contributed by atoms with Gasteiger partial charge >= 0.3 is 5.97 Å². The Hall–Kier alpha value is -1.13. The maximum absolute atomic E-state index is 12.0. The summed E-state index contributed by atoms with van der Waals surface area (Å²) in [5.41, 5.74) is 0. The van der Waals surface area contributed by atoms with Gasteiger partial charge in [-0.25, -0.2) is 8.42 Å². The van der Waals surface area contributed by atoms with Crippen LogP contribution in [0.25, 0.3) is 0 Å². The van der Waals surface area contributed by atoms with Gasteiger partial charge in [-0.05, 0) is 25.7 Å². The topological polar surface area (TPSA) is 98.5 Å². The molecule has 0 bridgehead atoms. The summed E-state index contributed by atoms with van der Waals surface area (Å²) in [5, 5.41) is 16.5. The predicted octanol–water partition coefficient (Wildman–Crippen LogP) is 0.413. The molecule has 1 aliphatic rings. The van der Waals surface area contributed by atoms with Crippen molar-refractivity contribution < 1.29 is 18.3 Å². The van der Waals surface area contributed by atoms with Gasteiger partial charge in [0.25, 0.3) is 0 Å². The van der Waals surface area contributed by atoms with E-state index < -0.39 is 27.3 Å². The van der Waals surface area contributed by atoms with E-state index in [0.717, 1.165) is 4.31 Å². The number of aliphatic carboxylic acids is 1. The smallest absolute Gasteiger partial charge is 0.322 e. The second-order valence-corrected chi connectivity index (χ2v) is 6.62. The summed E-state index contributed by atoms with van der Waals surface area (Å²) in [6.45, 7) is 3.34. The zero-order valence-corrected chi connectivity index (χ0v) is 10.6. The van der Waals surface area contributed by atoms with Crippen LogP contribution < -0.4 is 0 Å². The number of carbonyl (C=O) groups is 1. The molecule has 17 heavy (non-hydrogen) atoms. The van der Waals surface area contributed by atoms with Gasteiger partial charge in [0.15, 0.2) is 5.25 Å². The Morgan fingerprint density at radius 2 is 2.18 bits per heavy atom. The van der Waals surface area contributed by atoms with Gasteiger partial charge in [0.05, 0.1) is 6.07 Å². The molecule has 0 spiro atoms. The Bertz CT molecular complexity index is 440. The van der Waals surface area contributed by atoms with Crippen molar-refractivity contribution in [1.29, 1.82) is 5.26 Å². The number of carboxylic acids is 1. The first kappa shape index (κ1) is 13.9.